The van der Waals surface area contributed by atoms with Crippen LogP contribution in [0, 0.1) is 13.8 Å². The summed E-state index contributed by atoms with van der Waals surface area (Å²) in [7, 11) is 1.37. The number of hydrogen-bond donors (Lipinski definition) is 2. The van der Waals surface area contributed by atoms with Crippen LogP contribution in [-0.2, 0) is 4.74 Å². The molecule has 5 nitrogen and oxygen atoms in total. The zero-order valence-electron chi connectivity index (χ0n) is 16.9. The molecule has 0 spiro atoms. The van der Waals surface area contributed by atoms with Crippen molar-refractivity contribution >= 4 is 29.0 Å². The lowest BCUT2D eigenvalue weighted by atomic mass is 9.89. The van der Waals surface area contributed by atoms with Crippen molar-refractivity contribution in [3.63, 3.8) is 0 Å². The van der Waals surface area contributed by atoms with E-state index in [1.807, 2.05) is 13.0 Å². The van der Waals surface area contributed by atoms with E-state index in [0.717, 1.165) is 34.5 Å². The van der Waals surface area contributed by atoms with Crippen LogP contribution in [0.2, 0.25) is 0 Å². The van der Waals surface area contributed by atoms with Crippen LogP contribution < -0.4 is 15.4 Å². The molecule has 1 atom stereocenters. The predicted molar refractivity (Wildman–Crippen MR) is 115 cm³/mol. The van der Waals surface area contributed by atoms with Gasteiger partial charge in [0.15, 0.2) is 5.11 Å². The van der Waals surface area contributed by atoms with Crippen LogP contribution in [0.3, 0.4) is 0 Å². The molecule has 0 aliphatic carbocycles. The van der Waals surface area contributed by atoms with Crippen molar-refractivity contribution in [2.75, 3.05) is 12.4 Å². The number of nitrogens with one attached hydrogen (secondary N) is 2. The van der Waals surface area contributed by atoms with E-state index in [-0.39, 0.29) is 17.6 Å². The third-order valence-electron chi connectivity index (χ3n) is 4.84. The van der Waals surface area contributed by atoms with Gasteiger partial charge in [-0.25, -0.2) is 4.79 Å². The number of rotatable bonds is 3. The maximum absolute atomic E-state index is 11.8. The van der Waals surface area contributed by atoms with Crippen molar-refractivity contribution < 1.29 is 14.3 Å². The number of esters is 1. The van der Waals surface area contributed by atoms with Gasteiger partial charge in [-0.05, 0) is 69.2 Å². The highest BCUT2D eigenvalue weighted by molar-refractivity contribution is 7.80. The van der Waals surface area contributed by atoms with Crippen LogP contribution in [0.25, 0.3) is 0 Å². The monoisotopic (exact) mass is 398 g/mol. The fourth-order valence-corrected chi connectivity index (χ4v) is 3.66. The quantitative estimate of drug-likeness (QED) is 0.578. The Bertz CT molecular complexity index is 924. The zero-order valence-corrected chi connectivity index (χ0v) is 17.7. The van der Waals surface area contributed by atoms with Gasteiger partial charge in [0.2, 0.25) is 0 Å². The minimum atomic E-state index is -0.377. The Kier molecular flexibility index (Phi) is 5.61. The van der Waals surface area contributed by atoms with Crippen molar-refractivity contribution in [1.82, 2.24) is 5.32 Å². The Morgan fingerprint density at radius 3 is 2.68 bits per heavy atom. The van der Waals surface area contributed by atoms with Crippen LogP contribution >= 0.6 is 12.2 Å². The second-order valence-electron chi connectivity index (χ2n) is 7.78. The van der Waals surface area contributed by atoms with E-state index in [2.05, 4.69) is 49.6 Å². The van der Waals surface area contributed by atoms with Crippen molar-refractivity contribution in [2.24, 2.45) is 0 Å². The number of aryl methyl sites for hydroxylation is 2. The highest BCUT2D eigenvalue weighted by Gasteiger charge is 2.34. The molecule has 2 aromatic carbocycles. The summed E-state index contributed by atoms with van der Waals surface area (Å²) in [5.74, 6) is 0.512. The van der Waals surface area contributed by atoms with Gasteiger partial charge in [-0.2, -0.15) is 0 Å². The van der Waals surface area contributed by atoms with E-state index in [9.17, 15) is 4.79 Å². The van der Waals surface area contributed by atoms with Gasteiger partial charge < -0.3 is 20.1 Å². The summed E-state index contributed by atoms with van der Waals surface area (Å²) in [6.45, 7) is 8.17. The van der Waals surface area contributed by atoms with Gasteiger partial charge in [0, 0.05) is 17.7 Å². The van der Waals surface area contributed by atoms with Crippen LogP contribution in [0.5, 0.6) is 5.75 Å². The molecule has 6 heteroatoms. The second kappa shape index (κ2) is 7.80. The van der Waals surface area contributed by atoms with E-state index >= 15 is 0 Å². The first-order chi connectivity index (χ1) is 13.2. The summed E-state index contributed by atoms with van der Waals surface area (Å²) in [6.07, 6.45) is 0.784. The largest absolute Gasteiger partial charge is 0.487 e. The lowest BCUT2D eigenvalue weighted by Gasteiger charge is -2.38. The molecule has 0 saturated carbocycles. The summed E-state index contributed by atoms with van der Waals surface area (Å²) in [4.78, 5) is 11.8. The molecule has 1 aliphatic rings. The molecule has 3 rings (SSSR count). The molecule has 2 aromatic rings. The number of hydrogen-bond acceptors (Lipinski definition) is 4. The fraction of sp³-hybridized carbons (Fsp3) is 0.364. The number of carbonyl (C=O) groups excluding carboxylic acids is 1. The van der Waals surface area contributed by atoms with Gasteiger partial charge in [-0.3, -0.25) is 0 Å². The summed E-state index contributed by atoms with van der Waals surface area (Å²) >= 11 is 5.56. The summed E-state index contributed by atoms with van der Waals surface area (Å²) < 4.78 is 10.9. The first-order valence-corrected chi connectivity index (χ1v) is 9.65. The third-order valence-corrected chi connectivity index (χ3v) is 5.06. The van der Waals surface area contributed by atoms with Crippen molar-refractivity contribution in [3.05, 3.63) is 58.7 Å². The topological polar surface area (TPSA) is 59.6 Å². The highest BCUT2D eigenvalue weighted by atomic mass is 32.1. The lowest BCUT2D eigenvalue weighted by Crippen LogP contribution is -2.42. The number of fused-ring (bicyclic) bond motifs is 1. The number of ether oxygens (including phenoxy) is 2. The van der Waals surface area contributed by atoms with Gasteiger partial charge in [0.25, 0.3) is 0 Å². The summed E-state index contributed by atoms with van der Waals surface area (Å²) in [5, 5.41) is 7.13. The predicted octanol–water partition coefficient (Wildman–Crippen LogP) is 4.68. The molecule has 148 valence electrons. The first kappa shape index (κ1) is 20.1. The summed E-state index contributed by atoms with van der Waals surface area (Å²) in [5.41, 5.74) is 4.19. The standard InChI is InChI=1S/C22H26N2O3S/c1-13-6-9-16-18(12-22(3,4)27-19(16)10-13)24-21(28)23-17-11-15(20(25)26-5)8-7-14(17)2/h6-11,18H,12H2,1-5H3,(H2,23,24,28)/t18-/m0/s1. The molecule has 0 fully saturated rings. The van der Waals surface area contributed by atoms with E-state index in [1.165, 1.54) is 7.11 Å². The van der Waals surface area contributed by atoms with Gasteiger partial charge in [-0.15, -0.1) is 0 Å². The minimum absolute atomic E-state index is 0.0310. The molecule has 0 aromatic heterocycles. The molecule has 0 bridgehead atoms. The molecule has 28 heavy (non-hydrogen) atoms. The van der Waals surface area contributed by atoms with Crippen LogP contribution in [-0.4, -0.2) is 23.8 Å². The van der Waals surface area contributed by atoms with Gasteiger partial charge in [0.1, 0.15) is 11.4 Å². The van der Waals surface area contributed by atoms with E-state index in [0.29, 0.717) is 10.7 Å². The molecule has 0 amide bonds. The molecular weight excluding hydrogens is 372 g/mol. The van der Waals surface area contributed by atoms with E-state index in [4.69, 9.17) is 21.7 Å². The number of thiocarbonyl (C=S) groups is 1. The second-order valence-corrected chi connectivity index (χ2v) is 8.19. The fourth-order valence-electron chi connectivity index (χ4n) is 3.41. The molecule has 0 unspecified atom stereocenters. The SMILES string of the molecule is COC(=O)c1ccc(C)c(NC(=S)N[C@H]2CC(C)(C)Oc3cc(C)ccc32)c1. The van der Waals surface area contributed by atoms with Crippen molar-refractivity contribution in [3.8, 4) is 5.75 Å². The van der Waals surface area contributed by atoms with Crippen LogP contribution in [0.1, 0.15) is 53.4 Å². The van der Waals surface area contributed by atoms with E-state index in [1.54, 1.807) is 12.1 Å². The number of anilines is 1. The molecule has 1 heterocycles. The first-order valence-electron chi connectivity index (χ1n) is 9.24. The summed E-state index contributed by atoms with van der Waals surface area (Å²) in [6, 6.07) is 11.6. The normalized spacial score (nSPS) is 17.1. The Morgan fingerprint density at radius 1 is 1.21 bits per heavy atom. The third kappa shape index (κ3) is 4.44. The van der Waals surface area contributed by atoms with Gasteiger partial charge in [0.05, 0.1) is 18.7 Å². The van der Waals surface area contributed by atoms with Crippen LogP contribution in [0.15, 0.2) is 36.4 Å². The zero-order chi connectivity index (χ0) is 20.5. The average Bonchev–Trinajstić information content (AvgIpc) is 2.61. The van der Waals surface area contributed by atoms with E-state index < -0.39 is 0 Å². The molecule has 0 radical (unpaired) electrons. The van der Waals surface area contributed by atoms with Crippen molar-refractivity contribution in [2.45, 2.75) is 45.8 Å². The molecule has 0 saturated heterocycles. The minimum Gasteiger partial charge on any atom is -0.487 e. The number of methoxy groups -OCH3 is 1. The number of carbonyl (C=O) groups is 1. The lowest BCUT2D eigenvalue weighted by molar-refractivity contribution is 0.0600. The average molecular weight is 399 g/mol. The Morgan fingerprint density at radius 2 is 1.96 bits per heavy atom. The number of benzene rings is 2. The van der Waals surface area contributed by atoms with Gasteiger partial charge >= 0.3 is 5.97 Å². The van der Waals surface area contributed by atoms with Gasteiger partial charge in [-0.1, -0.05) is 18.2 Å². The highest BCUT2D eigenvalue weighted by Crippen LogP contribution is 2.39. The van der Waals surface area contributed by atoms with Crippen LogP contribution in [0.4, 0.5) is 5.69 Å². The Labute approximate surface area is 171 Å². The maximum atomic E-state index is 11.8. The molecular formula is C22H26N2O3S. The Hall–Kier alpha value is -2.60. The molecule has 2 N–H and O–H groups in total. The smallest absolute Gasteiger partial charge is 0.337 e. The molecule has 1 aliphatic heterocycles. The maximum Gasteiger partial charge on any atom is 0.337 e. The Balaban J connectivity index is 1.79. The van der Waals surface area contributed by atoms with Crippen molar-refractivity contribution in [1.29, 1.82) is 0 Å².